The molecule has 1 aromatic carbocycles. The third-order valence-electron chi connectivity index (χ3n) is 5.85. The number of ether oxygens (including phenoxy) is 1. The smallest absolute Gasteiger partial charge is 0.248 e. The van der Waals surface area contributed by atoms with Gasteiger partial charge in [0.2, 0.25) is 11.8 Å². The molecule has 2 N–H and O–H groups in total. The standard InChI is InChI=1S/C23H29N3O3/c27-20(15-26-13-11-17-6-4-5-9-19(17)14-26)10-12-24-22(28)21-16-29-23(25-21)18-7-2-1-3-8-18/h1-9,17,19-21,27H,10-16H2,(H,24,28). The second kappa shape index (κ2) is 9.37. The molecule has 1 fully saturated rings. The van der Waals surface area contributed by atoms with Crippen LogP contribution in [0, 0.1) is 11.8 Å². The van der Waals surface area contributed by atoms with Crippen molar-refractivity contribution in [1.82, 2.24) is 10.2 Å². The van der Waals surface area contributed by atoms with E-state index in [4.69, 9.17) is 4.74 Å². The molecule has 6 nitrogen and oxygen atoms in total. The van der Waals surface area contributed by atoms with Gasteiger partial charge in [-0.1, -0.05) is 42.5 Å². The first-order valence-corrected chi connectivity index (χ1v) is 10.5. The number of rotatable bonds is 7. The number of nitrogens with one attached hydrogen (secondary N) is 1. The van der Waals surface area contributed by atoms with Gasteiger partial charge < -0.3 is 20.1 Å². The largest absolute Gasteiger partial charge is 0.475 e. The normalized spacial score (nSPS) is 27.1. The van der Waals surface area contributed by atoms with Crippen LogP contribution in [0.5, 0.6) is 0 Å². The summed E-state index contributed by atoms with van der Waals surface area (Å²) in [6, 6.07) is 9.07. The first-order chi connectivity index (χ1) is 14.2. The van der Waals surface area contributed by atoms with Crippen LogP contribution in [-0.4, -0.2) is 66.7 Å². The van der Waals surface area contributed by atoms with Crippen LogP contribution in [0.25, 0.3) is 0 Å². The number of hydrogen-bond donors (Lipinski definition) is 2. The molecule has 3 aliphatic rings. The van der Waals surface area contributed by atoms with E-state index in [1.807, 2.05) is 30.3 Å². The Morgan fingerprint density at radius 2 is 2.03 bits per heavy atom. The predicted octanol–water partition coefficient (Wildman–Crippen LogP) is 1.76. The summed E-state index contributed by atoms with van der Waals surface area (Å²) in [7, 11) is 0. The number of hydrogen-bond acceptors (Lipinski definition) is 5. The van der Waals surface area contributed by atoms with Crippen molar-refractivity contribution in [1.29, 1.82) is 0 Å². The van der Waals surface area contributed by atoms with Gasteiger partial charge in [-0.15, -0.1) is 0 Å². The van der Waals surface area contributed by atoms with Crippen molar-refractivity contribution in [3.8, 4) is 0 Å². The molecule has 29 heavy (non-hydrogen) atoms. The quantitative estimate of drug-likeness (QED) is 0.738. The van der Waals surface area contributed by atoms with Crippen molar-refractivity contribution >= 4 is 11.8 Å². The molecule has 0 saturated carbocycles. The highest BCUT2D eigenvalue weighted by molar-refractivity contribution is 5.98. The van der Waals surface area contributed by atoms with Crippen molar-refractivity contribution < 1.29 is 14.6 Å². The summed E-state index contributed by atoms with van der Waals surface area (Å²) in [4.78, 5) is 19.1. The number of amides is 1. The number of aliphatic hydroxyl groups is 1. The molecule has 1 amide bonds. The second-order valence-electron chi connectivity index (χ2n) is 8.01. The van der Waals surface area contributed by atoms with Gasteiger partial charge in [-0.3, -0.25) is 4.79 Å². The first kappa shape index (κ1) is 19.9. The molecular weight excluding hydrogens is 366 g/mol. The number of allylic oxidation sites excluding steroid dienone is 3. The molecule has 6 heteroatoms. The minimum absolute atomic E-state index is 0.150. The van der Waals surface area contributed by atoms with Crippen molar-refractivity contribution in [2.45, 2.75) is 25.0 Å². The van der Waals surface area contributed by atoms with E-state index < -0.39 is 12.1 Å². The molecule has 2 heterocycles. The molecule has 4 rings (SSSR count). The molecule has 0 bridgehead atoms. The van der Waals surface area contributed by atoms with Gasteiger partial charge in [-0.2, -0.15) is 0 Å². The van der Waals surface area contributed by atoms with E-state index in [0.29, 0.717) is 37.2 Å². The van der Waals surface area contributed by atoms with Gasteiger partial charge in [0.15, 0.2) is 6.04 Å². The summed E-state index contributed by atoms with van der Waals surface area (Å²) in [5.74, 6) is 1.56. The zero-order chi connectivity index (χ0) is 20.1. The molecule has 1 aromatic rings. The van der Waals surface area contributed by atoms with Gasteiger partial charge in [0, 0.05) is 25.2 Å². The molecule has 4 atom stereocenters. The van der Waals surface area contributed by atoms with Gasteiger partial charge in [-0.25, -0.2) is 4.99 Å². The number of aliphatic hydroxyl groups excluding tert-OH is 1. The van der Waals surface area contributed by atoms with E-state index in [9.17, 15) is 9.90 Å². The Kier molecular flexibility index (Phi) is 6.42. The van der Waals surface area contributed by atoms with Crippen LogP contribution in [0.1, 0.15) is 18.4 Å². The molecule has 1 aliphatic carbocycles. The molecular formula is C23H29N3O3. The lowest BCUT2D eigenvalue weighted by atomic mass is 9.82. The summed E-state index contributed by atoms with van der Waals surface area (Å²) >= 11 is 0. The van der Waals surface area contributed by atoms with Crippen LogP contribution in [0.15, 0.2) is 59.6 Å². The number of nitrogens with zero attached hydrogens (tertiary/aromatic N) is 2. The molecule has 4 unspecified atom stereocenters. The predicted molar refractivity (Wildman–Crippen MR) is 113 cm³/mol. The Balaban J connectivity index is 1.17. The third kappa shape index (κ3) is 5.14. The van der Waals surface area contributed by atoms with E-state index in [0.717, 1.165) is 25.1 Å². The highest BCUT2D eigenvalue weighted by atomic mass is 16.5. The molecule has 154 valence electrons. The fourth-order valence-electron chi connectivity index (χ4n) is 4.21. The molecule has 0 aromatic heterocycles. The van der Waals surface area contributed by atoms with Crippen molar-refractivity contribution in [2.24, 2.45) is 16.8 Å². The third-order valence-corrected chi connectivity index (χ3v) is 5.85. The number of aliphatic imine (C=N–C) groups is 1. The van der Waals surface area contributed by atoms with E-state index in [2.05, 4.69) is 39.5 Å². The maximum atomic E-state index is 12.3. The van der Waals surface area contributed by atoms with E-state index in [1.54, 1.807) is 0 Å². The molecule has 1 saturated heterocycles. The monoisotopic (exact) mass is 395 g/mol. The van der Waals surface area contributed by atoms with Gasteiger partial charge in [-0.05, 0) is 43.4 Å². The summed E-state index contributed by atoms with van der Waals surface area (Å²) < 4.78 is 5.57. The zero-order valence-corrected chi connectivity index (χ0v) is 16.6. The van der Waals surface area contributed by atoms with Crippen LogP contribution < -0.4 is 5.32 Å². The maximum Gasteiger partial charge on any atom is 0.248 e. The van der Waals surface area contributed by atoms with Crippen LogP contribution in [0.2, 0.25) is 0 Å². The van der Waals surface area contributed by atoms with E-state index in [1.165, 1.54) is 0 Å². The van der Waals surface area contributed by atoms with Gasteiger partial charge in [0.1, 0.15) is 6.61 Å². The van der Waals surface area contributed by atoms with Crippen LogP contribution in [0.3, 0.4) is 0 Å². The van der Waals surface area contributed by atoms with Gasteiger partial charge in [0.25, 0.3) is 0 Å². The minimum Gasteiger partial charge on any atom is -0.475 e. The Morgan fingerprint density at radius 1 is 1.24 bits per heavy atom. The Labute approximate surface area is 172 Å². The number of fused-ring (bicyclic) bond motifs is 1. The van der Waals surface area contributed by atoms with Gasteiger partial charge >= 0.3 is 0 Å². The summed E-state index contributed by atoms with van der Waals surface area (Å²) in [6.45, 7) is 3.36. The van der Waals surface area contributed by atoms with Gasteiger partial charge in [0.05, 0.1) is 6.10 Å². The highest BCUT2D eigenvalue weighted by Gasteiger charge is 2.28. The summed E-state index contributed by atoms with van der Waals surface area (Å²) in [6.07, 6.45) is 10.1. The second-order valence-corrected chi connectivity index (χ2v) is 8.01. The maximum absolute atomic E-state index is 12.3. The lowest BCUT2D eigenvalue weighted by Crippen LogP contribution is -2.44. The van der Waals surface area contributed by atoms with Crippen molar-refractivity contribution in [2.75, 3.05) is 32.8 Å². The average molecular weight is 396 g/mol. The van der Waals surface area contributed by atoms with Crippen molar-refractivity contribution in [3.05, 3.63) is 60.2 Å². The summed E-state index contributed by atoms with van der Waals surface area (Å²) in [5.41, 5.74) is 0.880. The molecule has 2 aliphatic heterocycles. The molecule has 0 spiro atoms. The van der Waals surface area contributed by atoms with Crippen LogP contribution in [0.4, 0.5) is 0 Å². The Hall–Kier alpha value is -2.44. The number of likely N-dealkylation sites (tertiary alicyclic amines) is 1. The first-order valence-electron chi connectivity index (χ1n) is 10.5. The number of benzene rings is 1. The lowest BCUT2D eigenvalue weighted by molar-refractivity contribution is -0.122. The number of piperidine rings is 1. The summed E-state index contributed by atoms with van der Waals surface area (Å²) in [5, 5.41) is 13.3. The zero-order valence-electron chi connectivity index (χ0n) is 16.6. The lowest BCUT2D eigenvalue weighted by Gasteiger charge is -2.38. The average Bonchev–Trinajstić information content (AvgIpc) is 3.25. The number of β-amino-alcohol motifs (C(OH)–C–C–N with tert-alkyl or cyclic N) is 1. The minimum atomic E-state index is -0.521. The highest BCUT2D eigenvalue weighted by Crippen LogP contribution is 2.28. The van der Waals surface area contributed by atoms with Crippen LogP contribution >= 0.6 is 0 Å². The number of carbonyl (C=O) groups is 1. The Morgan fingerprint density at radius 3 is 2.86 bits per heavy atom. The number of carbonyl (C=O) groups excluding carboxylic acids is 1. The fourth-order valence-corrected chi connectivity index (χ4v) is 4.21. The molecule has 0 radical (unpaired) electrons. The van der Waals surface area contributed by atoms with E-state index in [-0.39, 0.29) is 12.5 Å². The fraction of sp³-hybridized carbons (Fsp3) is 0.478. The SMILES string of the molecule is O=C(NCCC(O)CN1CCC2C=CC=CC2C1)C1COC(c2ccccc2)=N1. The van der Waals surface area contributed by atoms with E-state index >= 15 is 0 Å². The van der Waals surface area contributed by atoms with Crippen LogP contribution in [-0.2, 0) is 9.53 Å². The topological polar surface area (TPSA) is 74.2 Å². The van der Waals surface area contributed by atoms with Crippen molar-refractivity contribution in [3.63, 3.8) is 0 Å². The Bertz CT molecular complexity index is 790.